The Hall–Kier alpha value is 0.300. The molecule has 0 aliphatic rings. The third-order valence-electron chi connectivity index (χ3n) is 0.374. The van der Waals surface area contributed by atoms with Crippen LogP contribution in [0.4, 0.5) is 0 Å². The third-order valence-corrected chi connectivity index (χ3v) is 1.12. The van der Waals surface area contributed by atoms with Crippen molar-refractivity contribution in [3.8, 4) is 0 Å². The zero-order valence-corrected chi connectivity index (χ0v) is 7.12. The van der Waals surface area contributed by atoms with Crippen molar-refractivity contribution >= 4 is 16.0 Å². The summed E-state index contributed by atoms with van der Waals surface area (Å²) in [5.74, 6) is 0. The van der Waals surface area contributed by atoms with Crippen LogP contribution in [0, 0.1) is 0 Å². The monoisotopic (exact) mass is 228 g/mol. The molecule has 0 rings (SSSR count). The summed E-state index contributed by atoms with van der Waals surface area (Å²) in [5, 5.41) is 10.7. The standard InChI is InChI=1S/H6O10P2/c1-7-12(5,6)10-8-9-11(2,3)4/h1-4,11H,(H,5,6). The fraction of sp³-hybridized carbons (Fsp3) is 0. The van der Waals surface area contributed by atoms with Crippen molar-refractivity contribution in [2.75, 3.05) is 0 Å². The molecule has 0 radical (unpaired) electrons. The molecular weight excluding hydrogens is 222 g/mol. The molecule has 0 heterocycles. The molecule has 0 amide bonds. The second-order valence-electron chi connectivity index (χ2n) is 1.35. The van der Waals surface area contributed by atoms with E-state index in [1.165, 1.54) is 0 Å². The Balaban J connectivity index is 3.65. The van der Waals surface area contributed by atoms with Gasteiger partial charge in [-0.15, -0.1) is 0 Å². The second-order valence-corrected chi connectivity index (χ2v) is 3.91. The van der Waals surface area contributed by atoms with Crippen LogP contribution in [0.2, 0.25) is 0 Å². The van der Waals surface area contributed by atoms with Gasteiger partial charge in [-0.2, -0.15) is 0 Å². The van der Waals surface area contributed by atoms with E-state index < -0.39 is 16.0 Å². The van der Waals surface area contributed by atoms with Crippen LogP contribution < -0.4 is 0 Å². The second kappa shape index (κ2) is 4.51. The van der Waals surface area contributed by atoms with Gasteiger partial charge in [0.15, 0.2) is 0 Å². The van der Waals surface area contributed by atoms with Crippen LogP contribution in [0.15, 0.2) is 0 Å². The minimum atomic E-state index is -4.99. The summed E-state index contributed by atoms with van der Waals surface area (Å²) in [4.78, 5) is 32.3. The van der Waals surface area contributed by atoms with Gasteiger partial charge in [0.2, 0.25) is 0 Å². The molecule has 0 saturated carbocycles. The van der Waals surface area contributed by atoms with Crippen molar-refractivity contribution in [2.24, 2.45) is 0 Å². The van der Waals surface area contributed by atoms with E-state index in [0.29, 0.717) is 0 Å². The number of phosphoric acid groups is 1. The van der Waals surface area contributed by atoms with E-state index in [4.69, 9.17) is 24.8 Å². The fourth-order valence-corrected chi connectivity index (χ4v) is 0.430. The predicted octanol–water partition coefficient (Wildman–Crippen LogP) is -1.16. The maximum absolute atomic E-state index is 10.1. The van der Waals surface area contributed by atoms with Crippen molar-refractivity contribution in [1.29, 1.82) is 0 Å². The zero-order chi connectivity index (χ0) is 9.83. The Bertz CT molecular complexity index is 165. The molecule has 12 heavy (non-hydrogen) atoms. The maximum atomic E-state index is 10.1. The number of rotatable bonds is 5. The first-order valence-electron chi connectivity index (χ1n) is 2.14. The molecule has 0 aromatic heterocycles. The van der Waals surface area contributed by atoms with E-state index in [-0.39, 0.29) is 0 Å². The summed E-state index contributed by atoms with van der Waals surface area (Å²) in [6.45, 7) is 0. The number of hydrogen-bond donors (Lipinski definition) is 5. The number of hydrogen-bond acceptors (Lipinski definition) is 9. The van der Waals surface area contributed by atoms with Gasteiger partial charge in [0.25, 0.3) is 0 Å². The van der Waals surface area contributed by atoms with Gasteiger partial charge in [-0.1, -0.05) is 0 Å². The van der Waals surface area contributed by atoms with Gasteiger partial charge in [0.05, 0.1) is 0 Å². The molecule has 0 aliphatic carbocycles. The molecular formula is H6O10P2. The van der Waals surface area contributed by atoms with Gasteiger partial charge in [-0.25, -0.2) is 0 Å². The molecule has 5 N–H and O–H groups in total. The molecule has 0 spiro atoms. The Kier molecular flexibility index (Phi) is 4.62. The molecule has 1 unspecified atom stereocenters. The molecule has 0 aliphatic heterocycles. The van der Waals surface area contributed by atoms with E-state index in [9.17, 15) is 4.57 Å². The first-order chi connectivity index (χ1) is 5.27. The Morgan fingerprint density at radius 1 is 1.25 bits per heavy atom. The van der Waals surface area contributed by atoms with Crippen LogP contribution in [0.25, 0.3) is 0 Å². The molecule has 0 saturated heterocycles. The van der Waals surface area contributed by atoms with Gasteiger partial charge >= 0.3 is 64.5 Å². The summed E-state index contributed by atoms with van der Waals surface area (Å²) in [5.41, 5.74) is 0. The molecule has 0 aromatic rings. The van der Waals surface area contributed by atoms with Crippen LogP contribution in [0.3, 0.4) is 0 Å². The Morgan fingerprint density at radius 3 is 2.08 bits per heavy atom. The van der Waals surface area contributed by atoms with Crippen molar-refractivity contribution in [2.45, 2.75) is 0 Å². The van der Waals surface area contributed by atoms with Gasteiger partial charge in [-0.05, 0) is 0 Å². The van der Waals surface area contributed by atoms with Crippen molar-refractivity contribution in [1.82, 2.24) is 0 Å². The van der Waals surface area contributed by atoms with Crippen LogP contribution in [0.5, 0.6) is 0 Å². The van der Waals surface area contributed by atoms with Gasteiger partial charge in [0, 0.05) is 0 Å². The fourth-order valence-electron chi connectivity index (χ4n) is 0.113. The van der Waals surface area contributed by atoms with Crippen LogP contribution >= 0.6 is 16.0 Å². The zero-order valence-electron chi connectivity index (χ0n) is 5.22. The molecule has 0 fully saturated rings. The van der Waals surface area contributed by atoms with Crippen molar-refractivity contribution < 1.29 is 48.5 Å². The van der Waals surface area contributed by atoms with Crippen LogP contribution in [-0.4, -0.2) is 24.8 Å². The van der Waals surface area contributed by atoms with Crippen molar-refractivity contribution in [3.05, 3.63) is 0 Å². The van der Waals surface area contributed by atoms with E-state index in [1.54, 1.807) is 0 Å². The average molecular weight is 228 g/mol. The van der Waals surface area contributed by atoms with Crippen LogP contribution in [0.1, 0.15) is 0 Å². The topological polar surface area (TPSA) is 155 Å². The quantitative estimate of drug-likeness (QED) is 0.221. The predicted molar refractivity (Wildman–Crippen MR) is 31.8 cm³/mol. The van der Waals surface area contributed by atoms with Gasteiger partial charge in [0.1, 0.15) is 0 Å². The Labute approximate surface area is 65.6 Å². The normalized spacial score (nSPS) is 18.8. The van der Waals surface area contributed by atoms with Gasteiger partial charge in [-0.3, -0.25) is 0 Å². The molecule has 10 nitrogen and oxygen atoms in total. The Morgan fingerprint density at radius 2 is 1.75 bits per heavy atom. The first kappa shape index (κ1) is 12.3. The SMILES string of the molecule is O=P(O)(OO)OOO[PH](O)(O)O. The van der Waals surface area contributed by atoms with E-state index in [1.807, 2.05) is 0 Å². The van der Waals surface area contributed by atoms with E-state index in [0.717, 1.165) is 0 Å². The summed E-state index contributed by atoms with van der Waals surface area (Å²) in [6.07, 6.45) is 0. The summed E-state index contributed by atoms with van der Waals surface area (Å²) >= 11 is 0. The molecule has 0 aromatic carbocycles. The summed E-state index contributed by atoms with van der Waals surface area (Å²) in [6, 6.07) is 0. The first-order valence-corrected chi connectivity index (χ1v) is 5.38. The molecule has 1 atom stereocenters. The van der Waals surface area contributed by atoms with Crippen molar-refractivity contribution in [3.63, 3.8) is 0 Å². The average Bonchev–Trinajstić information content (AvgIpc) is 1.84. The summed E-state index contributed by atoms with van der Waals surface area (Å²) < 4.78 is 19.4. The third kappa shape index (κ3) is 6.98. The van der Waals surface area contributed by atoms with E-state index in [2.05, 4.69) is 19.1 Å². The molecule has 76 valence electrons. The minimum absolute atomic E-state index is 2.81. The van der Waals surface area contributed by atoms with Gasteiger partial charge < -0.3 is 0 Å². The van der Waals surface area contributed by atoms with Crippen LogP contribution in [-0.2, 0) is 23.6 Å². The van der Waals surface area contributed by atoms with E-state index >= 15 is 0 Å². The molecule has 12 heteroatoms. The molecule has 0 bridgehead atoms. The summed E-state index contributed by atoms with van der Waals surface area (Å²) in [7, 11) is -9.85.